The highest BCUT2D eigenvalue weighted by atomic mass is 32.1. The Kier molecular flexibility index (Phi) is 5.97. The van der Waals surface area contributed by atoms with E-state index in [1.54, 1.807) is 0 Å². The molecule has 0 spiro atoms. The molecule has 0 atom stereocenters. The predicted molar refractivity (Wildman–Crippen MR) is 92.8 cm³/mol. The van der Waals surface area contributed by atoms with Crippen LogP contribution in [0, 0.1) is 13.8 Å². The van der Waals surface area contributed by atoms with Crippen LogP contribution in [0.15, 0.2) is 30.3 Å². The fraction of sp³-hybridized carbons (Fsp3) is 0.444. The maximum absolute atomic E-state index is 3.40. The zero-order valence-electron chi connectivity index (χ0n) is 13.6. The highest BCUT2D eigenvalue weighted by Crippen LogP contribution is 2.23. The van der Waals surface area contributed by atoms with E-state index in [0.717, 1.165) is 26.2 Å². The molecule has 0 amide bonds. The van der Waals surface area contributed by atoms with Crippen LogP contribution in [-0.2, 0) is 19.6 Å². The smallest absolute Gasteiger partial charge is 0.0299 e. The minimum absolute atomic E-state index is 0.990. The van der Waals surface area contributed by atoms with Gasteiger partial charge in [-0.25, -0.2) is 0 Å². The van der Waals surface area contributed by atoms with Crippen molar-refractivity contribution in [2.24, 2.45) is 0 Å². The number of thiophene rings is 1. The van der Waals surface area contributed by atoms with Gasteiger partial charge in [0.25, 0.3) is 0 Å². The molecular formula is C18H26N2S. The predicted octanol–water partition coefficient (Wildman–Crippen LogP) is 4.11. The molecule has 0 saturated carbocycles. The maximum atomic E-state index is 3.40. The highest BCUT2D eigenvalue weighted by Gasteiger charge is 2.08. The zero-order chi connectivity index (χ0) is 15.2. The lowest BCUT2D eigenvalue weighted by Gasteiger charge is -2.17. The van der Waals surface area contributed by atoms with Crippen molar-refractivity contribution in [3.63, 3.8) is 0 Å². The highest BCUT2D eigenvalue weighted by molar-refractivity contribution is 7.12. The van der Waals surface area contributed by atoms with Crippen molar-refractivity contribution in [3.05, 3.63) is 56.8 Å². The second kappa shape index (κ2) is 7.74. The molecule has 1 aromatic heterocycles. The molecule has 0 aliphatic carbocycles. The van der Waals surface area contributed by atoms with E-state index in [1.807, 2.05) is 11.3 Å². The maximum Gasteiger partial charge on any atom is 0.0299 e. The molecule has 0 aliphatic heterocycles. The number of hydrogen-bond acceptors (Lipinski definition) is 3. The first-order valence-electron chi connectivity index (χ1n) is 7.61. The van der Waals surface area contributed by atoms with E-state index in [4.69, 9.17) is 0 Å². The number of aryl methyl sites for hydroxylation is 2. The van der Waals surface area contributed by atoms with Crippen molar-refractivity contribution in [1.82, 2.24) is 10.2 Å². The number of benzene rings is 1. The Balaban J connectivity index is 1.96. The van der Waals surface area contributed by atoms with E-state index >= 15 is 0 Å². The number of hydrogen-bond donors (Lipinski definition) is 1. The van der Waals surface area contributed by atoms with Gasteiger partial charge in [-0.2, -0.15) is 0 Å². The lowest BCUT2D eigenvalue weighted by Crippen LogP contribution is -2.17. The van der Waals surface area contributed by atoms with Gasteiger partial charge in [-0.05, 0) is 44.6 Å². The molecule has 1 heterocycles. The summed E-state index contributed by atoms with van der Waals surface area (Å²) in [6.45, 7) is 10.6. The van der Waals surface area contributed by atoms with E-state index in [0.29, 0.717) is 0 Å². The molecule has 0 unspecified atom stereocenters. The molecule has 2 aromatic rings. The third-order valence-electron chi connectivity index (χ3n) is 3.60. The van der Waals surface area contributed by atoms with Crippen LogP contribution in [0.5, 0.6) is 0 Å². The molecule has 0 fully saturated rings. The molecule has 0 saturated heterocycles. The van der Waals surface area contributed by atoms with Crippen LogP contribution < -0.4 is 5.32 Å². The van der Waals surface area contributed by atoms with E-state index in [9.17, 15) is 0 Å². The molecule has 114 valence electrons. The molecule has 0 aliphatic rings. The SMILES string of the molecule is CCNCc1cc(CN(C)Cc2cccc(C)c2)c(C)s1. The standard InChI is InChI=1S/C18H26N2S/c1-5-19-11-18-10-17(15(3)21-18)13-20(4)12-16-8-6-7-14(2)9-16/h6-10,19H,5,11-13H2,1-4H3. The Bertz CT molecular complexity index is 574. The van der Waals surface area contributed by atoms with Gasteiger partial charge in [0.05, 0.1) is 0 Å². The summed E-state index contributed by atoms with van der Waals surface area (Å²) in [6.07, 6.45) is 0. The van der Waals surface area contributed by atoms with Gasteiger partial charge in [0.2, 0.25) is 0 Å². The Morgan fingerprint density at radius 3 is 2.67 bits per heavy atom. The summed E-state index contributed by atoms with van der Waals surface area (Å²) in [4.78, 5) is 5.27. The summed E-state index contributed by atoms with van der Waals surface area (Å²) in [5, 5.41) is 3.40. The summed E-state index contributed by atoms with van der Waals surface area (Å²) in [5.41, 5.74) is 4.18. The first-order chi connectivity index (χ1) is 10.1. The Morgan fingerprint density at radius 2 is 1.95 bits per heavy atom. The van der Waals surface area contributed by atoms with Crippen molar-refractivity contribution in [3.8, 4) is 0 Å². The van der Waals surface area contributed by atoms with Gasteiger partial charge in [0.1, 0.15) is 0 Å². The van der Waals surface area contributed by atoms with E-state index < -0.39 is 0 Å². The fourth-order valence-electron chi connectivity index (χ4n) is 2.55. The lowest BCUT2D eigenvalue weighted by atomic mass is 10.1. The van der Waals surface area contributed by atoms with Crippen molar-refractivity contribution >= 4 is 11.3 Å². The second-order valence-corrected chi connectivity index (χ2v) is 7.08. The molecule has 2 rings (SSSR count). The topological polar surface area (TPSA) is 15.3 Å². The van der Waals surface area contributed by atoms with Gasteiger partial charge in [-0.15, -0.1) is 11.3 Å². The summed E-state index contributed by atoms with van der Waals surface area (Å²) >= 11 is 1.92. The normalized spacial score (nSPS) is 11.3. The molecule has 1 N–H and O–H groups in total. The van der Waals surface area contributed by atoms with Crippen LogP contribution in [0.2, 0.25) is 0 Å². The van der Waals surface area contributed by atoms with E-state index in [-0.39, 0.29) is 0 Å². The molecular weight excluding hydrogens is 276 g/mol. The summed E-state index contributed by atoms with van der Waals surface area (Å²) in [5.74, 6) is 0. The molecule has 1 aromatic carbocycles. The first-order valence-corrected chi connectivity index (χ1v) is 8.43. The van der Waals surface area contributed by atoms with Crippen LogP contribution in [0.3, 0.4) is 0 Å². The van der Waals surface area contributed by atoms with Crippen LogP contribution >= 0.6 is 11.3 Å². The van der Waals surface area contributed by atoms with E-state index in [1.165, 1.54) is 26.4 Å². The van der Waals surface area contributed by atoms with Gasteiger partial charge >= 0.3 is 0 Å². The molecule has 2 nitrogen and oxygen atoms in total. The van der Waals surface area contributed by atoms with Crippen LogP contribution in [0.1, 0.15) is 33.4 Å². The first kappa shape index (κ1) is 16.2. The average Bonchev–Trinajstić information content (AvgIpc) is 2.77. The second-order valence-electron chi connectivity index (χ2n) is 5.74. The van der Waals surface area contributed by atoms with Gasteiger partial charge in [0.15, 0.2) is 0 Å². The minimum Gasteiger partial charge on any atom is -0.312 e. The van der Waals surface area contributed by atoms with Gasteiger partial charge < -0.3 is 5.32 Å². The molecule has 0 radical (unpaired) electrons. The summed E-state index contributed by atoms with van der Waals surface area (Å²) < 4.78 is 0. The largest absolute Gasteiger partial charge is 0.312 e. The zero-order valence-corrected chi connectivity index (χ0v) is 14.4. The third kappa shape index (κ3) is 4.95. The third-order valence-corrected chi connectivity index (χ3v) is 4.69. The Labute approximate surface area is 132 Å². The van der Waals surface area contributed by atoms with E-state index in [2.05, 4.69) is 68.4 Å². The Hall–Kier alpha value is -1.16. The lowest BCUT2D eigenvalue weighted by molar-refractivity contribution is 0.319. The van der Waals surface area contributed by atoms with Crippen molar-refractivity contribution in [2.45, 2.75) is 40.4 Å². The Morgan fingerprint density at radius 1 is 1.14 bits per heavy atom. The van der Waals surface area contributed by atoms with Crippen LogP contribution in [0.4, 0.5) is 0 Å². The number of nitrogens with one attached hydrogen (secondary N) is 1. The number of nitrogens with zero attached hydrogens (tertiary/aromatic N) is 1. The van der Waals surface area contributed by atoms with Gasteiger partial charge in [-0.1, -0.05) is 36.8 Å². The van der Waals surface area contributed by atoms with Crippen molar-refractivity contribution in [1.29, 1.82) is 0 Å². The van der Waals surface area contributed by atoms with Crippen LogP contribution in [-0.4, -0.2) is 18.5 Å². The van der Waals surface area contributed by atoms with Gasteiger partial charge in [-0.3, -0.25) is 4.90 Å². The fourth-order valence-corrected chi connectivity index (χ4v) is 3.57. The monoisotopic (exact) mass is 302 g/mol. The van der Waals surface area contributed by atoms with Crippen LogP contribution in [0.25, 0.3) is 0 Å². The average molecular weight is 302 g/mol. The van der Waals surface area contributed by atoms with Crippen molar-refractivity contribution in [2.75, 3.05) is 13.6 Å². The molecule has 3 heteroatoms. The molecule has 21 heavy (non-hydrogen) atoms. The molecule has 0 bridgehead atoms. The van der Waals surface area contributed by atoms with Gasteiger partial charge in [0, 0.05) is 29.4 Å². The quantitative estimate of drug-likeness (QED) is 0.828. The summed E-state index contributed by atoms with van der Waals surface area (Å²) in [7, 11) is 2.20. The van der Waals surface area contributed by atoms with Crippen molar-refractivity contribution < 1.29 is 0 Å². The summed E-state index contributed by atoms with van der Waals surface area (Å²) in [6, 6.07) is 11.1. The number of rotatable bonds is 7. The minimum atomic E-state index is 0.990.